The van der Waals surface area contributed by atoms with Crippen molar-refractivity contribution in [3.63, 3.8) is 0 Å². The molecule has 0 rings (SSSR count). The van der Waals surface area contributed by atoms with Crippen molar-refractivity contribution >= 4 is 12.3 Å². The zero-order valence-corrected chi connectivity index (χ0v) is 36.6. The summed E-state index contributed by atoms with van der Waals surface area (Å²) in [5.41, 5.74) is 0. The van der Waals surface area contributed by atoms with Crippen LogP contribution in [0.3, 0.4) is 0 Å². The van der Waals surface area contributed by atoms with E-state index in [1.807, 2.05) is 0 Å². The number of hydrogen-bond donors (Lipinski definition) is 0. The van der Waals surface area contributed by atoms with Crippen LogP contribution in [0.15, 0.2) is 0 Å². The molecular formula is C46H93NO4. The Morgan fingerprint density at radius 2 is 1.02 bits per heavy atom. The van der Waals surface area contributed by atoms with Gasteiger partial charge in [0.1, 0.15) is 6.29 Å². The lowest BCUT2D eigenvalue weighted by Gasteiger charge is -2.23. The van der Waals surface area contributed by atoms with Crippen LogP contribution in [0.1, 0.15) is 204 Å². The van der Waals surface area contributed by atoms with Gasteiger partial charge < -0.3 is 19.2 Å². The van der Waals surface area contributed by atoms with Crippen molar-refractivity contribution in [1.82, 2.24) is 4.90 Å². The maximum atomic E-state index is 12.2. The quantitative estimate of drug-likeness (QED) is 0.0370. The first-order valence-corrected chi connectivity index (χ1v) is 22.1. The lowest BCUT2D eigenvalue weighted by atomic mass is 9.89. The molecule has 5 nitrogen and oxygen atoms in total. The molecule has 0 radical (unpaired) electrons. The van der Waals surface area contributed by atoms with Crippen molar-refractivity contribution in [3.05, 3.63) is 0 Å². The van der Waals surface area contributed by atoms with Gasteiger partial charge in [-0.25, -0.2) is 0 Å². The minimum atomic E-state index is 0.00267. The van der Waals surface area contributed by atoms with Gasteiger partial charge in [-0.1, -0.05) is 152 Å². The Labute approximate surface area is 320 Å². The molecule has 0 spiro atoms. The Morgan fingerprint density at radius 1 is 0.588 bits per heavy atom. The van der Waals surface area contributed by atoms with Gasteiger partial charge in [-0.3, -0.25) is 4.79 Å². The molecule has 0 aromatic carbocycles. The minimum absolute atomic E-state index is 0.00267. The number of esters is 1. The summed E-state index contributed by atoms with van der Waals surface area (Å²) >= 11 is 0. The topological polar surface area (TPSA) is 55.8 Å². The zero-order chi connectivity index (χ0) is 38.7. The zero-order valence-electron chi connectivity index (χ0n) is 36.6. The van der Waals surface area contributed by atoms with Crippen LogP contribution in [0, 0.1) is 41.4 Å². The predicted molar refractivity (Wildman–Crippen MR) is 223 cm³/mol. The van der Waals surface area contributed by atoms with Gasteiger partial charge in [0.2, 0.25) is 0 Å². The summed E-state index contributed by atoms with van der Waals surface area (Å²) in [6.45, 7) is 24.3. The van der Waals surface area contributed by atoms with E-state index in [1.54, 1.807) is 7.11 Å². The number of rotatable bonds is 35. The van der Waals surface area contributed by atoms with Crippen LogP contribution in [0.2, 0.25) is 0 Å². The molecule has 0 aliphatic carbocycles. The van der Waals surface area contributed by atoms with E-state index < -0.39 is 0 Å². The monoisotopic (exact) mass is 724 g/mol. The highest BCUT2D eigenvalue weighted by atomic mass is 16.5. The molecule has 0 heterocycles. The fourth-order valence-corrected chi connectivity index (χ4v) is 6.83. The number of hydrogen-bond acceptors (Lipinski definition) is 5. The molecule has 0 aliphatic rings. The van der Waals surface area contributed by atoms with E-state index in [4.69, 9.17) is 9.47 Å². The minimum Gasteiger partial charge on any atom is -0.465 e. The van der Waals surface area contributed by atoms with Crippen LogP contribution in [0.25, 0.3) is 0 Å². The van der Waals surface area contributed by atoms with Crippen LogP contribution in [-0.2, 0) is 19.1 Å². The third-order valence-electron chi connectivity index (χ3n) is 11.0. The fraction of sp³-hybridized carbons (Fsp3) is 0.957. The summed E-state index contributed by atoms with van der Waals surface area (Å²) < 4.78 is 10.8. The molecule has 0 amide bonds. The maximum absolute atomic E-state index is 12.2. The number of nitrogens with zero attached hydrogens (tertiary/aromatic N) is 1. The van der Waals surface area contributed by atoms with Gasteiger partial charge in [0.25, 0.3) is 0 Å². The molecule has 0 aromatic heterocycles. The standard InChI is InChI=1S/C35H69NO3.C11H24O/c1-7-36(6)29-33(23-19-15-11-8-9-14-18-22-28-37)24-20-16-12-10-13-17-21-25-35(38)39-30-34(32(4)5)27-26-31(2)3;1-9(2)6-7-11(8-12-5)10(3)4/h28,31-34H,7-27,29-30H2,1-6H3;9-11H,6-8H2,1-5H3. The Kier molecular flexibility index (Phi) is 38.2. The number of methoxy groups -OCH3 is 1. The van der Waals surface area contributed by atoms with Gasteiger partial charge in [-0.05, 0) is 93.5 Å². The van der Waals surface area contributed by atoms with Crippen LogP contribution in [-0.4, -0.2) is 57.6 Å². The first-order chi connectivity index (χ1) is 24.4. The van der Waals surface area contributed by atoms with Gasteiger partial charge in [0.05, 0.1) is 6.61 Å². The van der Waals surface area contributed by atoms with Crippen molar-refractivity contribution in [2.24, 2.45) is 41.4 Å². The van der Waals surface area contributed by atoms with Crippen molar-refractivity contribution in [3.8, 4) is 0 Å². The van der Waals surface area contributed by atoms with Gasteiger partial charge in [0, 0.05) is 33.1 Å². The number of unbranched alkanes of at least 4 members (excludes halogenated alkanes) is 13. The second-order valence-electron chi connectivity index (χ2n) is 17.5. The SMILES string of the molecule is CCN(C)CC(CCCCCCCCCC=O)CCCCCCCCCC(=O)OCC(CCC(C)C)C(C)C.COCC(CCC(C)C)C(C)C. The first kappa shape index (κ1) is 52.2. The maximum Gasteiger partial charge on any atom is 0.305 e. The predicted octanol–water partition coefficient (Wildman–Crippen LogP) is 13.4. The molecule has 5 heteroatoms. The highest BCUT2D eigenvalue weighted by Gasteiger charge is 2.17. The first-order valence-electron chi connectivity index (χ1n) is 22.1. The lowest BCUT2D eigenvalue weighted by Crippen LogP contribution is -2.25. The molecule has 51 heavy (non-hydrogen) atoms. The van der Waals surface area contributed by atoms with Crippen molar-refractivity contribution in [2.75, 3.05) is 40.5 Å². The Balaban J connectivity index is 0. The molecule has 0 fully saturated rings. The van der Waals surface area contributed by atoms with Crippen molar-refractivity contribution in [1.29, 1.82) is 0 Å². The molecule has 0 N–H and O–H groups in total. The van der Waals surface area contributed by atoms with Crippen LogP contribution in [0.5, 0.6) is 0 Å². The average Bonchev–Trinajstić information content (AvgIpc) is 3.07. The molecule has 3 unspecified atom stereocenters. The van der Waals surface area contributed by atoms with Crippen molar-refractivity contribution < 1.29 is 19.1 Å². The summed E-state index contributed by atoms with van der Waals surface area (Å²) in [7, 11) is 4.06. The van der Waals surface area contributed by atoms with Crippen molar-refractivity contribution in [2.45, 2.75) is 204 Å². The Bertz CT molecular complexity index is 737. The molecule has 0 bridgehead atoms. The Hall–Kier alpha value is -0.940. The number of carbonyl (C=O) groups excluding carboxylic acids is 2. The van der Waals surface area contributed by atoms with E-state index in [9.17, 15) is 9.59 Å². The van der Waals surface area contributed by atoms with Gasteiger partial charge in [-0.15, -0.1) is 0 Å². The average molecular weight is 724 g/mol. The van der Waals surface area contributed by atoms with E-state index in [0.717, 1.165) is 75.2 Å². The number of carbonyl (C=O) groups is 2. The van der Waals surface area contributed by atoms with E-state index in [1.165, 1.54) is 109 Å². The van der Waals surface area contributed by atoms with Gasteiger partial charge >= 0.3 is 5.97 Å². The molecular weight excluding hydrogens is 631 g/mol. The Morgan fingerprint density at radius 3 is 1.43 bits per heavy atom. The van der Waals surface area contributed by atoms with Gasteiger partial charge in [-0.2, -0.15) is 0 Å². The molecule has 306 valence electrons. The summed E-state index contributed by atoms with van der Waals surface area (Å²) in [4.78, 5) is 25.1. The van der Waals surface area contributed by atoms with Gasteiger partial charge in [0.15, 0.2) is 0 Å². The normalized spacial score (nSPS) is 13.6. The molecule has 0 aromatic rings. The van der Waals surface area contributed by atoms with Crippen LogP contribution < -0.4 is 0 Å². The highest BCUT2D eigenvalue weighted by molar-refractivity contribution is 5.69. The molecule has 0 saturated carbocycles. The smallest absolute Gasteiger partial charge is 0.305 e. The summed E-state index contributed by atoms with van der Waals surface area (Å²) in [5.74, 6) is 4.94. The van der Waals surface area contributed by atoms with Crippen LogP contribution in [0.4, 0.5) is 0 Å². The third kappa shape index (κ3) is 37.2. The largest absolute Gasteiger partial charge is 0.465 e. The second kappa shape index (κ2) is 37.4. The van der Waals surface area contributed by atoms with Crippen LogP contribution >= 0.6 is 0 Å². The number of ether oxygens (including phenoxy) is 2. The number of aldehydes is 1. The summed E-state index contributed by atoms with van der Waals surface area (Å²) in [6, 6.07) is 0. The lowest BCUT2D eigenvalue weighted by molar-refractivity contribution is -0.145. The third-order valence-corrected chi connectivity index (χ3v) is 11.0. The van der Waals surface area contributed by atoms with E-state index >= 15 is 0 Å². The second-order valence-corrected chi connectivity index (χ2v) is 17.5. The highest BCUT2D eigenvalue weighted by Crippen LogP contribution is 2.23. The molecule has 3 atom stereocenters. The van der Waals surface area contributed by atoms with E-state index in [2.05, 4.69) is 74.3 Å². The fourth-order valence-electron chi connectivity index (χ4n) is 6.83. The van der Waals surface area contributed by atoms with E-state index in [0.29, 0.717) is 30.8 Å². The molecule has 0 aliphatic heterocycles. The summed E-state index contributed by atoms with van der Waals surface area (Å²) in [5, 5.41) is 0. The summed E-state index contributed by atoms with van der Waals surface area (Å²) in [6.07, 6.45) is 27.8. The van der Waals surface area contributed by atoms with E-state index in [-0.39, 0.29) is 5.97 Å². The molecule has 0 saturated heterocycles.